The molecule has 2 fully saturated rings. The third kappa shape index (κ3) is 3.25. The molecular formula is C20H34O3. The second-order valence-electron chi connectivity index (χ2n) is 8.90. The molecule has 3 rings (SSSR count). The molecule has 5 atom stereocenters. The van der Waals surface area contributed by atoms with Crippen LogP contribution in [0.5, 0.6) is 0 Å². The van der Waals surface area contributed by atoms with Crippen molar-refractivity contribution in [1.29, 1.82) is 0 Å². The van der Waals surface area contributed by atoms with Gasteiger partial charge in [0, 0.05) is 6.42 Å². The summed E-state index contributed by atoms with van der Waals surface area (Å²) in [6, 6.07) is 0. The first kappa shape index (κ1) is 17.4. The van der Waals surface area contributed by atoms with E-state index in [0.29, 0.717) is 12.0 Å². The van der Waals surface area contributed by atoms with Gasteiger partial charge in [-0.1, -0.05) is 25.5 Å². The van der Waals surface area contributed by atoms with Gasteiger partial charge in [0.1, 0.15) is 0 Å². The minimum absolute atomic E-state index is 0.0215. The SMILES string of the molecule is C/C1=C/CC[C@]2(C)O[C@@H]2C[C@@]2(C(C)C)CC[C@@](C)(O2)[C@H](O)CC1. The number of hydrogen-bond acceptors (Lipinski definition) is 3. The van der Waals surface area contributed by atoms with Crippen LogP contribution in [-0.2, 0) is 9.47 Å². The predicted molar refractivity (Wildman–Crippen MR) is 92.4 cm³/mol. The maximum atomic E-state index is 10.8. The van der Waals surface area contributed by atoms with Gasteiger partial charge in [-0.25, -0.2) is 0 Å². The zero-order valence-corrected chi connectivity index (χ0v) is 15.5. The molecule has 0 radical (unpaired) electrons. The zero-order valence-electron chi connectivity index (χ0n) is 15.5. The van der Waals surface area contributed by atoms with E-state index in [2.05, 4.69) is 40.7 Å². The van der Waals surface area contributed by atoms with Gasteiger partial charge in [-0.15, -0.1) is 0 Å². The molecule has 0 unspecified atom stereocenters. The molecule has 0 aliphatic carbocycles. The Balaban J connectivity index is 1.85. The Hall–Kier alpha value is -0.380. The van der Waals surface area contributed by atoms with E-state index in [0.717, 1.165) is 44.9 Å². The average Bonchev–Trinajstić information content (AvgIpc) is 2.94. The molecule has 0 saturated carbocycles. The van der Waals surface area contributed by atoms with Gasteiger partial charge in [-0.2, -0.15) is 0 Å². The van der Waals surface area contributed by atoms with Gasteiger partial charge in [0.25, 0.3) is 0 Å². The Morgan fingerprint density at radius 1 is 1.17 bits per heavy atom. The summed E-state index contributed by atoms with van der Waals surface area (Å²) in [4.78, 5) is 0. The fraction of sp³-hybridized carbons (Fsp3) is 0.900. The van der Waals surface area contributed by atoms with Crippen molar-refractivity contribution in [2.45, 2.75) is 109 Å². The van der Waals surface area contributed by atoms with E-state index in [-0.39, 0.29) is 11.2 Å². The van der Waals surface area contributed by atoms with Gasteiger partial charge in [-0.3, -0.25) is 0 Å². The molecule has 23 heavy (non-hydrogen) atoms. The third-order valence-electron chi connectivity index (χ3n) is 6.75. The molecule has 3 heteroatoms. The van der Waals surface area contributed by atoms with Crippen LogP contribution in [0.25, 0.3) is 0 Å². The first-order chi connectivity index (χ1) is 10.7. The lowest BCUT2D eigenvalue weighted by atomic mass is 9.80. The van der Waals surface area contributed by atoms with Gasteiger partial charge in [0.05, 0.1) is 29.0 Å². The summed E-state index contributed by atoms with van der Waals surface area (Å²) in [6.07, 6.45) is 9.09. The van der Waals surface area contributed by atoms with Crippen molar-refractivity contribution < 1.29 is 14.6 Å². The van der Waals surface area contributed by atoms with Crippen molar-refractivity contribution in [2.24, 2.45) is 5.92 Å². The molecular weight excluding hydrogens is 288 g/mol. The van der Waals surface area contributed by atoms with Gasteiger partial charge in [0.15, 0.2) is 0 Å². The minimum atomic E-state index is -0.413. The third-order valence-corrected chi connectivity index (χ3v) is 6.75. The predicted octanol–water partition coefficient (Wildman–Crippen LogP) is 4.38. The summed E-state index contributed by atoms with van der Waals surface area (Å²) in [5.74, 6) is 0.440. The number of epoxide rings is 1. The molecule has 3 aliphatic rings. The summed E-state index contributed by atoms with van der Waals surface area (Å²) in [5.41, 5.74) is 0.840. The van der Waals surface area contributed by atoms with Crippen LogP contribution in [-0.4, -0.2) is 34.1 Å². The van der Waals surface area contributed by atoms with E-state index in [1.807, 2.05) is 0 Å². The van der Waals surface area contributed by atoms with Gasteiger partial charge in [-0.05, 0) is 65.2 Å². The van der Waals surface area contributed by atoms with Crippen LogP contribution in [0.1, 0.15) is 79.6 Å². The van der Waals surface area contributed by atoms with Crippen LogP contribution in [0.3, 0.4) is 0 Å². The standard InChI is InChI=1S/C20H34O3/c1-14(2)20-12-11-18(4,23-20)16(21)9-8-15(3)7-6-10-19(5)17(13-20)22-19/h7,14,16-17,21H,6,8-13H2,1-5H3/b15-7-/t16-,17-,18-,19+,20-/m1/s1. The van der Waals surface area contributed by atoms with Crippen LogP contribution in [0.4, 0.5) is 0 Å². The molecule has 2 saturated heterocycles. The van der Waals surface area contributed by atoms with Crippen molar-refractivity contribution in [3.05, 3.63) is 11.6 Å². The van der Waals surface area contributed by atoms with Crippen LogP contribution in [0.15, 0.2) is 11.6 Å². The largest absolute Gasteiger partial charge is 0.390 e. The summed E-state index contributed by atoms with van der Waals surface area (Å²) < 4.78 is 12.8. The molecule has 132 valence electrons. The Bertz CT molecular complexity index is 485. The lowest BCUT2D eigenvalue weighted by molar-refractivity contribution is -0.167. The highest BCUT2D eigenvalue weighted by Crippen LogP contribution is 2.53. The summed E-state index contributed by atoms with van der Waals surface area (Å²) >= 11 is 0. The Morgan fingerprint density at radius 3 is 2.61 bits per heavy atom. The van der Waals surface area contributed by atoms with Crippen molar-refractivity contribution in [2.75, 3.05) is 0 Å². The highest BCUT2D eigenvalue weighted by atomic mass is 16.6. The van der Waals surface area contributed by atoms with E-state index >= 15 is 0 Å². The summed E-state index contributed by atoms with van der Waals surface area (Å²) in [6.45, 7) is 11.0. The monoisotopic (exact) mass is 322 g/mol. The Morgan fingerprint density at radius 2 is 1.91 bits per heavy atom. The van der Waals surface area contributed by atoms with E-state index in [1.54, 1.807) is 0 Å². The lowest BCUT2D eigenvalue weighted by Gasteiger charge is -2.38. The zero-order chi connectivity index (χ0) is 16.9. The second kappa shape index (κ2) is 5.86. The Kier molecular flexibility index (Phi) is 4.44. The van der Waals surface area contributed by atoms with Gasteiger partial charge >= 0.3 is 0 Å². The van der Waals surface area contributed by atoms with E-state index in [9.17, 15) is 5.11 Å². The molecule has 1 N–H and O–H groups in total. The normalized spacial score (nSPS) is 50.3. The van der Waals surface area contributed by atoms with Gasteiger partial charge < -0.3 is 14.6 Å². The van der Waals surface area contributed by atoms with Crippen molar-refractivity contribution in [1.82, 2.24) is 0 Å². The molecule has 0 aromatic carbocycles. The van der Waals surface area contributed by atoms with Crippen LogP contribution < -0.4 is 0 Å². The van der Waals surface area contributed by atoms with Crippen LogP contribution >= 0.6 is 0 Å². The number of aliphatic hydroxyl groups is 1. The summed E-state index contributed by atoms with van der Waals surface area (Å²) in [7, 11) is 0. The average molecular weight is 322 g/mol. The van der Waals surface area contributed by atoms with Crippen LogP contribution in [0, 0.1) is 5.92 Å². The number of ether oxygens (including phenoxy) is 2. The second-order valence-corrected chi connectivity index (χ2v) is 8.90. The molecule has 3 heterocycles. The van der Waals surface area contributed by atoms with E-state index < -0.39 is 11.7 Å². The molecule has 3 nitrogen and oxygen atoms in total. The van der Waals surface area contributed by atoms with Crippen molar-refractivity contribution in [3.8, 4) is 0 Å². The van der Waals surface area contributed by atoms with Crippen molar-refractivity contribution in [3.63, 3.8) is 0 Å². The highest BCUT2D eigenvalue weighted by Gasteiger charge is 2.59. The maximum Gasteiger partial charge on any atom is 0.0924 e. The molecule has 2 bridgehead atoms. The molecule has 0 amide bonds. The summed E-state index contributed by atoms with van der Waals surface area (Å²) in [5, 5.41) is 10.8. The Labute approximate surface area is 141 Å². The highest BCUT2D eigenvalue weighted by molar-refractivity contribution is 5.10. The van der Waals surface area contributed by atoms with E-state index in [4.69, 9.17) is 9.47 Å². The fourth-order valence-electron chi connectivity index (χ4n) is 4.51. The number of hydrogen-bond donors (Lipinski definition) is 1. The lowest BCUT2D eigenvalue weighted by Crippen LogP contribution is -2.45. The molecule has 0 aromatic rings. The van der Waals surface area contributed by atoms with Crippen molar-refractivity contribution >= 4 is 0 Å². The number of fused-ring (bicyclic) bond motifs is 3. The molecule has 3 aliphatic heterocycles. The van der Waals surface area contributed by atoms with Crippen LogP contribution in [0.2, 0.25) is 0 Å². The quantitative estimate of drug-likeness (QED) is 0.575. The maximum absolute atomic E-state index is 10.8. The van der Waals surface area contributed by atoms with Gasteiger partial charge in [0.2, 0.25) is 0 Å². The number of rotatable bonds is 1. The number of allylic oxidation sites excluding steroid dienone is 2. The minimum Gasteiger partial charge on any atom is -0.390 e. The first-order valence-corrected chi connectivity index (χ1v) is 9.41. The molecule has 0 aromatic heterocycles. The number of aliphatic hydroxyl groups excluding tert-OH is 1. The fourth-order valence-corrected chi connectivity index (χ4v) is 4.51. The smallest absolute Gasteiger partial charge is 0.0924 e. The first-order valence-electron chi connectivity index (χ1n) is 9.41. The van der Waals surface area contributed by atoms with E-state index in [1.165, 1.54) is 5.57 Å². The molecule has 0 spiro atoms. The topological polar surface area (TPSA) is 42.0 Å².